The maximum Gasteiger partial charge on any atom is 0.0406 e. The van der Waals surface area contributed by atoms with Crippen molar-refractivity contribution in [3.05, 3.63) is 38.0 Å². The first-order valence-electron chi connectivity index (χ1n) is 4.84. The van der Waals surface area contributed by atoms with Gasteiger partial charge in [0.05, 0.1) is 0 Å². The van der Waals surface area contributed by atoms with Crippen molar-refractivity contribution < 1.29 is 0 Å². The molecule has 0 aliphatic carbocycles. The Morgan fingerprint density at radius 3 is 1.57 bits per heavy atom. The van der Waals surface area contributed by atoms with Crippen LogP contribution in [-0.4, -0.2) is 11.1 Å². The predicted molar refractivity (Wildman–Crippen MR) is 64.0 cm³/mol. The highest BCUT2D eigenvalue weighted by Gasteiger charge is 2.39. The second kappa shape index (κ2) is 5.13. The zero-order valence-corrected chi connectivity index (χ0v) is 9.13. The van der Waals surface area contributed by atoms with E-state index >= 15 is 0 Å². The second-order valence-electron chi connectivity index (χ2n) is 4.05. The van der Waals surface area contributed by atoms with Crippen LogP contribution in [0.3, 0.4) is 0 Å². The molecule has 4 N–H and O–H groups in total. The Balaban J connectivity index is 4.84. The maximum atomic E-state index is 6.27. The molecule has 1 atom stereocenters. The van der Waals surface area contributed by atoms with Crippen molar-refractivity contribution >= 4 is 0 Å². The van der Waals surface area contributed by atoms with Crippen LogP contribution >= 0.6 is 0 Å². The lowest BCUT2D eigenvalue weighted by molar-refractivity contribution is 0.243. The van der Waals surface area contributed by atoms with Gasteiger partial charge in [0.2, 0.25) is 0 Å². The van der Waals surface area contributed by atoms with Gasteiger partial charge in [-0.05, 0) is 26.2 Å². The van der Waals surface area contributed by atoms with E-state index in [1.54, 1.807) is 18.2 Å². The molecule has 0 fully saturated rings. The van der Waals surface area contributed by atoms with Crippen molar-refractivity contribution in [3.8, 4) is 0 Å². The van der Waals surface area contributed by atoms with Crippen LogP contribution in [0.25, 0.3) is 0 Å². The van der Waals surface area contributed by atoms with Gasteiger partial charge in [-0.2, -0.15) is 0 Å². The van der Waals surface area contributed by atoms with Crippen LogP contribution in [-0.2, 0) is 0 Å². The van der Waals surface area contributed by atoms with E-state index in [1.807, 2.05) is 6.92 Å². The first-order chi connectivity index (χ1) is 6.43. The third-order valence-electron chi connectivity index (χ3n) is 2.72. The molecule has 0 aromatic rings. The summed E-state index contributed by atoms with van der Waals surface area (Å²) >= 11 is 0. The smallest absolute Gasteiger partial charge is 0.0406 e. The molecule has 0 saturated carbocycles. The van der Waals surface area contributed by atoms with Crippen molar-refractivity contribution in [1.82, 2.24) is 0 Å². The average molecular weight is 194 g/mol. The summed E-state index contributed by atoms with van der Waals surface area (Å²) in [4.78, 5) is 0. The minimum Gasteiger partial charge on any atom is -0.323 e. The van der Waals surface area contributed by atoms with E-state index in [0.29, 0.717) is 19.3 Å². The van der Waals surface area contributed by atoms with E-state index in [9.17, 15) is 0 Å². The summed E-state index contributed by atoms with van der Waals surface area (Å²) in [5.74, 6) is 0. The van der Waals surface area contributed by atoms with Crippen LogP contribution in [0.1, 0.15) is 26.2 Å². The van der Waals surface area contributed by atoms with Crippen molar-refractivity contribution in [1.29, 1.82) is 0 Å². The van der Waals surface area contributed by atoms with Gasteiger partial charge in [-0.15, -0.1) is 19.7 Å². The minimum atomic E-state index is -0.481. The number of hydrogen-bond donors (Lipinski definition) is 2. The maximum absolute atomic E-state index is 6.27. The van der Waals surface area contributed by atoms with E-state index < -0.39 is 11.1 Å². The first-order valence-corrected chi connectivity index (χ1v) is 4.84. The Morgan fingerprint density at radius 1 is 0.929 bits per heavy atom. The molecule has 0 aliphatic heterocycles. The monoisotopic (exact) mass is 194 g/mol. The molecular weight excluding hydrogens is 172 g/mol. The van der Waals surface area contributed by atoms with E-state index in [-0.39, 0.29) is 0 Å². The molecule has 2 heteroatoms. The van der Waals surface area contributed by atoms with Crippen LogP contribution in [0.15, 0.2) is 38.0 Å². The van der Waals surface area contributed by atoms with E-state index in [4.69, 9.17) is 11.5 Å². The Kier molecular flexibility index (Phi) is 4.81. The lowest BCUT2D eigenvalue weighted by atomic mass is 9.73. The summed E-state index contributed by atoms with van der Waals surface area (Å²) in [6, 6.07) is 0. The quantitative estimate of drug-likeness (QED) is 0.610. The molecule has 0 spiro atoms. The second-order valence-corrected chi connectivity index (χ2v) is 4.05. The molecule has 0 aliphatic rings. The Bertz CT molecular complexity index is 206. The van der Waals surface area contributed by atoms with E-state index in [1.165, 1.54) is 0 Å². The zero-order valence-electron chi connectivity index (χ0n) is 9.13. The summed E-state index contributed by atoms with van der Waals surface area (Å²) in [6.45, 7) is 13.1. The van der Waals surface area contributed by atoms with Gasteiger partial charge in [-0.3, -0.25) is 0 Å². The molecule has 0 rings (SSSR count). The van der Waals surface area contributed by atoms with Crippen LogP contribution in [0.5, 0.6) is 0 Å². The Labute approximate surface area is 87.4 Å². The summed E-state index contributed by atoms with van der Waals surface area (Å²) in [7, 11) is 0. The third-order valence-corrected chi connectivity index (χ3v) is 2.72. The van der Waals surface area contributed by atoms with E-state index in [2.05, 4.69) is 19.7 Å². The molecule has 1 unspecified atom stereocenters. The molecule has 0 heterocycles. The summed E-state index contributed by atoms with van der Waals surface area (Å²) < 4.78 is 0. The normalized spacial score (nSPS) is 15.6. The molecule has 0 radical (unpaired) electrons. The molecule has 2 nitrogen and oxygen atoms in total. The van der Waals surface area contributed by atoms with Crippen molar-refractivity contribution in [2.24, 2.45) is 11.5 Å². The van der Waals surface area contributed by atoms with Gasteiger partial charge >= 0.3 is 0 Å². The van der Waals surface area contributed by atoms with Gasteiger partial charge in [0.1, 0.15) is 0 Å². The first kappa shape index (κ1) is 13.1. The summed E-state index contributed by atoms with van der Waals surface area (Å²) in [6.07, 6.45) is 7.45. The van der Waals surface area contributed by atoms with Crippen LogP contribution in [0.4, 0.5) is 0 Å². The predicted octanol–water partition coefficient (Wildman–Crippen LogP) is 2.13. The van der Waals surface area contributed by atoms with Gasteiger partial charge in [0.15, 0.2) is 0 Å². The fraction of sp³-hybridized carbons (Fsp3) is 0.500. The number of nitrogens with two attached hydrogens (primary N) is 2. The average Bonchev–Trinajstić information content (AvgIpc) is 2.04. The molecule has 0 aromatic carbocycles. The Morgan fingerprint density at radius 2 is 1.29 bits per heavy atom. The minimum absolute atomic E-state index is 0.475. The van der Waals surface area contributed by atoms with Gasteiger partial charge < -0.3 is 11.5 Å². The fourth-order valence-corrected chi connectivity index (χ4v) is 1.57. The molecule has 0 amide bonds. The van der Waals surface area contributed by atoms with E-state index in [0.717, 1.165) is 0 Å². The molecule has 0 aromatic heterocycles. The third kappa shape index (κ3) is 2.82. The standard InChI is InChI=1S/C12H22N2/c1-5-8-11(4,13)12(14,9-6-2)10-7-3/h5-7H,1-3,8-10,13-14H2,4H3. The highest BCUT2D eigenvalue weighted by Crippen LogP contribution is 2.28. The highest BCUT2D eigenvalue weighted by molar-refractivity contribution is 5.11. The lowest BCUT2D eigenvalue weighted by Gasteiger charge is -2.42. The van der Waals surface area contributed by atoms with Crippen molar-refractivity contribution in [2.75, 3.05) is 0 Å². The van der Waals surface area contributed by atoms with Gasteiger partial charge in [-0.25, -0.2) is 0 Å². The molecule has 80 valence electrons. The van der Waals surface area contributed by atoms with Gasteiger partial charge in [-0.1, -0.05) is 18.2 Å². The lowest BCUT2D eigenvalue weighted by Crippen LogP contribution is -2.63. The number of hydrogen-bond acceptors (Lipinski definition) is 2. The molecule has 0 saturated heterocycles. The highest BCUT2D eigenvalue weighted by atomic mass is 14.9. The fourth-order valence-electron chi connectivity index (χ4n) is 1.57. The van der Waals surface area contributed by atoms with Crippen LogP contribution in [0.2, 0.25) is 0 Å². The van der Waals surface area contributed by atoms with Gasteiger partial charge in [0, 0.05) is 11.1 Å². The zero-order chi connectivity index (χ0) is 11.2. The van der Waals surface area contributed by atoms with Gasteiger partial charge in [0.25, 0.3) is 0 Å². The Hall–Kier alpha value is -0.860. The molecular formula is C12H22N2. The largest absolute Gasteiger partial charge is 0.323 e. The summed E-state index contributed by atoms with van der Waals surface area (Å²) in [5, 5.41) is 0. The van der Waals surface area contributed by atoms with Crippen LogP contribution in [0, 0.1) is 0 Å². The molecule has 14 heavy (non-hydrogen) atoms. The number of rotatable bonds is 7. The summed E-state index contributed by atoms with van der Waals surface area (Å²) in [5.41, 5.74) is 11.5. The molecule has 0 bridgehead atoms. The topological polar surface area (TPSA) is 52.0 Å². The van der Waals surface area contributed by atoms with Crippen LogP contribution < -0.4 is 11.5 Å². The van der Waals surface area contributed by atoms with Crippen molar-refractivity contribution in [2.45, 2.75) is 37.3 Å². The SMILES string of the molecule is C=CCC(C)(N)C(N)(CC=C)CC=C. The van der Waals surface area contributed by atoms with Crippen molar-refractivity contribution in [3.63, 3.8) is 0 Å².